The van der Waals surface area contributed by atoms with Crippen LogP contribution >= 0.6 is 0 Å². The second-order valence-corrected chi connectivity index (χ2v) is 7.09. The number of fused-ring (bicyclic) bond motifs is 1. The summed E-state index contributed by atoms with van der Waals surface area (Å²) < 4.78 is 6.41. The van der Waals surface area contributed by atoms with Gasteiger partial charge in [-0.2, -0.15) is 0 Å². The van der Waals surface area contributed by atoms with Gasteiger partial charge in [-0.05, 0) is 73.1 Å². The minimum absolute atomic E-state index is 0.0811. The number of aromatic nitrogens is 2. The molecule has 3 aromatic rings. The van der Waals surface area contributed by atoms with Gasteiger partial charge in [-0.1, -0.05) is 0 Å². The van der Waals surface area contributed by atoms with Gasteiger partial charge in [0, 0.05) is 18.0 Å². The first-order valence-electron chi connectivity index (χ1n) is 8.92. The molecule has 0 aliphatic heterocycles. The van der Waals surface area contributed by atoms with Gasteiger partial charge in [0.25, 0.3) is 5.56 Å². The number of pyridine rings is 3. The second kappa shape index (κ2) is 6.23. The van der Waals surface area contributed by atoms with Crippen molar-refractivity contribution < 1.29 is 9.53 Å². The molecule has 0 amide bonds. The van der Waals surface area contributed by atoms with E-state index >= 15 is 0 Å². The zero-order valence-corrected chi connectivity index (χ0v) is 15.6. The lowest BCUT2D eigenvalue weighted by atomic mass is 9.94. The predicted molar refractivity (Wildman–Crippen MR) is 104 cm³/mol. The van der Waals surface area contributed by atoms with Gasteiger partial charge in [-0.3, -0.25) is 9.20 Å². The number of nitrogens with zero attached hydrogens (tertiary/aromatic N) is 2. The molecule has 6 nitrogen and oxygen atoms in total. The molecule has 2 N–H and O–H groups in total. The zero-order chi connectivity index (χ0) is 19.3. The molecule has 0 atom stereocenters. The molecule has 1 aliphatic rings. The van der Waals surface area contributed by atoms with Crippen molar-refractivity contribution in [3.05, 3.63) is 63.2 Å². The number of rotatable bonds is 3. The van der Waals surface area contributed by atoms with Crippen molar-refractivity contribution in [2.45, 2.75) is 32.6 Å². The minimum atomic E-state index is -0.599. The molecule has 1 fully saturated rings. The fourth-order valence-corrected chi connectivity index (χ4v) is 3.81. The van der Waals surface area contributed by atoms with Crippen molar-refractivity contribution in [3.8, 4) is 11.1 Å². The summed E-state index contributed by atoms with van der Waals surface area (Å²) in [6, 6.07) is 5.42. The fraction of sp³-hybridized carbons (Fsp3) is 0.286. The Hall–Kier alpha value is -3.15. The summed E-state index contributed by atoms with van der Waals surface area (Å²) in [5.74, 6) is 0.230. The van der Waals surface area contributed by atoms with Gasteiger partial charge in [-0.15, -0.1) is 0 Å². The van der Waals surface area contributed by atoms with Crippen LogP contribution in [0.2, 0.25) is 0 Å². The molecule has 0 bridgehead atoms. The Morgan fingerprint density at radius 1 is 1.30 bits per heavy atom. The van der Waals surface area contributed by atoms with Crippen molar-refractivity contribution in [3.63, 3.8) is 0 Å². The Morgan fingerprint density at radius 3 is 2.63 bits per heavy atom. The molecule has 0 unspecified atom stereocenters. The van der Waals surface area contributed by atoms with Gasteiger partial charge in [0.05, 0.1) is 12.6 Å². The van der Waals surface area contributed by atoms with E-state index in [2.05, 4.69) is 4.98 Å². The molecule has 1 aliphatic carbocycles. The number of hydrogen-bond acceptors (Lipinski definition) is 5. The van der Waals surface area contributed by atoms with Crippen LogP contribution in [-0.2, 0) is 4.74 Å². The van der Waals surface area contributed by atoms with Crippen molar-refractivity contribution in [1.82, 2.24) is 9.38 Å². The lowest BCUT2D eigenvalue weighted by Crippen LogP contribution is -2.25. The first-order chi connectivity index (χ1) is 12.9. The Bertz CT molecular complexity index is 1130. The number of anilines is 1. The van der Waals surface area contributed by atoms with Crippen molar-refractivity contribution in [1.29, 1.82) is 0 Å². The van der Waals surface area contributed by atoms with Crippen LogP contribution in [0.25, 0.3) is 16.6 Å². The molecule has 3 heterocycles. The molecule has 138 valence electrons. The summed E-state index contributed by atoms with van der Waals surface area (Å²) >= 11 is 0. The molecular weight excluding hydrogens is 342 g/mol. The van der Waals surface area contributed by atoms with Crippen LogP contribution in [0.3, 0.4) is 0 Å². The number of nitrogens with two attached hydrogens (primary N) is 1. The monoisotopic (exact) mass is 363 g/mol. The summed E-state index contributed by atoms with van der Waals surface area (Å²) in [6.45, 7) is 3.96. The lowest BCUT2D eigenvalue weighted by molar-refractivity contribution is 0.0598. The molecule has 4 rings (SSSR count). The topological polar surface area (TPSA) is 86.7 Å². The van der Waals surface area contributed by atoms with E-state index in [-0.39, 0.29) is 11.1 Å². The summed E-state index contributed by atoms with van der Waals surface area (Å²) in [5, 5.41) is 0. The minimum Gasteiger partial charge on any atom is -0.465 e. The highest BCUT2D eigenvalue weighted by atomic mass is 16.5. The van der Waals surface area contributed by atoms with Crippen molar-refractivity contribution in [2.24, 2.45) is 0 Å². The van der Waals surface area contributed by atoms with E-state index < -0.39 is 5.97 Å². The van der Waals surface area contributed by atoms with Gasteiger partial charge in [0.1, 0.15) is 11.4 Å². The van der Waals surface area contributed by atoms with Crippen LogP contribution in [-0.4, -0.2) is 22.5 Å². The van der Waals surface area contributed by atoms with Crippen LogP contribution in [0.1, 0.15) is 45.8 Å². The largest absolute Gasteiger partial charge is 0.465 e. The summed E-state index contributed by atoms with van der Waals surface area (Å²) in [6.07, 6.45) is 5.66. The van der Waals surface area contributed by atoms with E-state index in [9.17, 15) is 9.59 Å². The first-order valence-corrected chi connectivity index (χ1v) is 8.92. The maximum atomic E-state index is 13.0. The number of esters is 1. The van der Waals surface area contributed by atoms with E-state index in [4.69, 9.17) is 10.5 Å². The van der Waals surface area contributed by atoms with Crippen molar-refractivity contribution >= 4 is 17.3 Å². The predicted octanol–water partition coefficient (Wildman–Crippen LogP) is 3.22. The molecule has 6 heteroatoms. The average molecular weight is 363 g/mol. The second-order valence-electron chi connectivity index (χ2n) is 7.09. The van der Waals surface area contributed by atoms with E-state index in [0.717, 1.165) is 46.2 Å². The van der Waals surface area contributed by atoms with Crippen LogP contribution < -0.4 is 11.3 Å². The quantitative estimate of drug-likeness (QED) is 0.722. The molecule has 3 aromatic heterocycles. The Labute approximate surface area is 156 Å². The number of hydrogen-bond donors (Lipinski definition) is 1. The Kier molecular flexibility index (Phi) is 3.98. The van der Waals surface area contributed by atoms with Crippen LogP contribution in [0.4, 0.5) is 5.82 Å². The molecule has 0 spiro atoms. The van der Waals surface area contributed by atoms with Crippen LogP contribution in [0, 0.1) is 13.8 Å². The molecular formula is C21H21N3O3. The van der Waals surface area contributed by atoms with Crippen LogP contribution in [0.15, 0.2) is 35.4 Å². The zero-order valence-electron chi connectivity index (χ0n) is 15.6. The van der Waals surface area contributed by atoms with Gasteiger partial charge in [-0.25, -0.2) is 9.78 Å². The Morgan fingerprint density at radius 2 is 2.04 bits per heavy atom. The Balaban J connectivity index is 2.08. The van der Waals surface area contributed by atoms with Gasteiger partial charge in [0.15, 0.2) is 0 Å². The average Bonchev–Trinajstić information content (AvgIpc) is 3.48. The standard InChI is InChI=1S/C21H21N3O3/c1-11-10-24-19(12(2)18(11)14-6-7-17(22)23-9-14)15(13-4-5-13)8-16(20(24)25)21(26)27-3/h6-10,13H,4-5H2,1-3H3,(H2,22,23). The number of methoxy groups -OCH3 is 1. The first kappa shape index (κ1) is 17.3. The van der Waals surface area contributed by atoms with Gasteiger partial charge >= 0.3 is 5.97 Å². The summed E-state index contributed by atoms with van der Waals surface area (Å²) in [5.41, 5.74) is 11.3. The van der Waals surface area contributed by atoms with E-state index in [0.29, 0.717) is 11.7 Å². The van der Waals surface area contributed by atoms with Crippen LogP contribution in [0.5, 0.6) is 0 Å². The highest BCUT2D eigenvalue weighted by Gasteiger charge is 2.30. The van der Waals surface area contributed by atoms with Gasteiger partial charge < -0.3 is 10.5 Å². The normalized spacial score (nSPS) is 13.7. The van der Waals surface area contributed by atoms with E-state index in [1.165, 1.54) is 7.11 Å². The molecule has 27 heavy (non-hydrogen) atoms. The molecule has 0 radical (unpaired) electrons. The third-order valence-electron chi connectivity index (χ3n) is 5.21. The molecule has 0 aromatic carbocycles. The van der Waals surface area contributed by atoms with E-state index in [1.807, 2.05) is 19.9 Å². The smallest absolute Gasteiger partial charge is 0.343 e. The third-order valence-corrected chi connectivity index (χ3v) is 5.21. The maximum Gasteiger partial charge on any atom is 0.343 e. The number of ether oxygens (including phenoxy) is 1. The molecule has 0 saturated heterocycles. The maximum absolute atomic E-state index is 13.0. The fourth-order valence-electron chi connectivity index (χ4n) is 3.81. The highest BCUT2D eigenvalue weighted by Crippen LogP contribution is 2.44. The number of carbonyl (C=O) groups is 1. The highest BCUT2D eigenvalue weighted by molar-refractivity contribution is 5.91. The summed E-state index contributed by atoms with van der Waals surface area (Å²) in [4.78, 5) is 29.3. The number of carbonyl (C=O) groups excluding carboxylic acids is 1. The van der Waals surface area contributed by atoms with E-state index in [1.54, 1.807) is 28.9 Å². The number of aryl methyl sites for hydroxylation is 2. The van der Waals surface area contributed by atoms with Gasteiger partial charge in [0.2, 0.25) is 0 Å². The van der Waals surface area contributed by atoms with Crippen molar-refractivity contribution in [2.75, 3.05) is 12.8 Å². The summed E-state index contributed by atoms with van der Waals surface area (Å²) in [7, 11) is 1.29. The SMILES string of the molecule is COC(=O)c1cc(C2CC2)c2c(C)c(-c3ccc(N)nc3)c(C)cn2c1=O. The molecule has 1 saturated carbocycles. The lowest BCUT2D eigenvalue weighted by Gasteiger charge is -2.18. The number of nitrogen functional groups attached to an aromatic ring is 1. The third kappa shape index (κ3) is 2.77.